The third kappa shape index (κ3) is 3.76. The molecule has 1 aliphatic rings. The van der Waals surface area contributed by atoms with Crippen LogP contribution in [0.2, 0.25) is 0 Å². The van der Waals surface area contributed by atoms with E-state index in [1.54, 1.807) is 6.07 Å². The summed E-state index contributed by atoms with van der Waals surface area (Å²) in [6.45, 7) is 1.96. The van der Waals surface area contributed by atoms with Gasteiger partial charge in [0, 0.05) is 5.56 Å². The van der Waals surface area contributed by atoms with E-state index in [2.05, 4.69) is 0 Å². The minimum atomic E-state index is -1.57. The molecule has 0 bridgehead atoms. The SMILES string of the molecule is CCCC1(F)CCC(c2ccc(-c3cc(F)c(F)c(F)c3)c(F)c2)CC1. The Morgan fingerprint density at radius 3 is 2.08 bits per heavy atom. The Hall–Kier alpha value is -1.91. The van der Waals surface area contributed by atoms with Gasteiger partial charge in [0.25, 0.3) is 0 Å². The Balaban J connectivity index is 1.81. The van der Waals surface area contributed by atoms with Crippen molar-refractivity contribution in [3.8, 4) is 11.1 Å². The first-order valence-electron chi connectivity index (χ1n) is 8.96. The van der Waals surface area contributed by atoms with Crippen molar-refractivity contribution in [3.63, 3.8) is 0 Å². The summed E-state index contributed by atoms with van der Waals surface area (Å²) in [6, 6.07) is 6.04. The molecule has 1 fully saturated rings. The highest BCUT2D eigenvalue weighted by atomic mass is 19.2. The van der Waals surface area contributed by atoms with Crippen molar-refractivity contribution < 1.29 is 22.0 Å². The number of hydrogen-bond acceptors (Lipinski definition) is 0. The largest absolute Gasteiger partial charge is 0.244 e. The minimum absolute atomic E-state index is 0.00757. The lowest BCUT2D eigenvalue weighted by Gasteiger charge is -2.34. The topological polar surface area (TPSA) is 0 Å². The first-order valence-corrected chi connectivity index (χ1v) is 8.96. The van der Waals surface area contributed by atoms with Gasteiger partial charge in [-0.15, -0.1) is 0 Å². The van der Waals surface area contributed by atoms with E-state index < -0.39 is 28.9 Å². The first kappa shape index (κ1) is 18.9. The summed E-state index contributed by atoms with van der Waals surface area (Å²) in [4.78, 5) is 0. The Bertz CT molecular complexity index is 768. The fourth-order valence-electron chi connectivity index (χ4n) is 3.90. The molecule has 3 rings (SSSR count). The molecule has 1 aliphatic carbocycles. The summed E-state index contributed by atoms with van der Waals surface area (Å²) < 4.78 is 68.9. The van der Waals surface area contributed by atoms with Gasteiger partial charge in [0.15, 0.2) is 17.5 Å². The van der Waals surface area contributed by atoms with Crippen molar-refractivity contribution in [1.29, 1.82) is 0 Å². The van der Waals surface area contributed by atoms with Crippen LogP contribution in [-0.2, 0) is 0 Å². The van der Waals surface area contributed by atoms with Crippen LogP contribution in [0.4, 0.5) is 22.0 Å². The zero-order chi connectivity index (χ0) is 18.9. The van der Waals surface area contributed by atoms with Crippen LogP contribution < -0.4 is 0 Å². The van der Waals surface area contributed by atoms with Crippen molar-refractivity contribution in [3.05, 3.63) is 59.2 Å². The molecule has 2 aromatic rings. The van der Waals surface area contributed by atoms with Gasteiger partial charge in [0.1, 0.15) is 11.5 Å². The van der Waals surface area contributed by atoms with Crippen LogP contribution in [0.3, 0.4) is 0 Å². The van der Waals surface area contributed by atoms with Crippen molar-refractivity contribution in [2.75, 3.05) is 0 Å². The monoisotopic (exact) mass is 368 g/mol. The van der Waals surface area contributed by atoms with Crippen LogP contribution in [-0.4, -0.2) is 5.67 Å². The molecule has 0 spiro atoms. The lowest BCUT2D eigenvalue weighted by Crippen LogP contribution is -2.28. The number of benzene rings is 2. The molecule has 0 saturated heterocycles. The standard InChI is InChI=1S/C21H21F5/c1-2-7-21(26)8-5-13(6-9-21)14-3-4-16(17(22)10-14)15-11-18(23)20(25)19(24)12-15/h3-4,10-13H,2,5-9H2,1H3. The number of halogens is 5. The predicted molar refractivity (Wildman–Crippen MR) is 91.7 cm³/mol. The van der Waals surface area contributed by atoms with E-state index in [1.165, 1.54) is 12.1 Å². The molecule has 140 valence electrons. The third-order valence-electron chi connectivity index (χ3n) is 5.34. The third-order valence-corrected chi connectivity index (χ3v) is 5.34. The maximum atomic E-state index is 14.6. The average Bonchev–Trinajstić information content (AvgIpc) is 2.60. The van der Waals surface area contributed by atoms with Gasteiger partial charge in [-0.25, -0.2) is 22.0 Å². The Labute approximate surface area is 150 Å². The van der Waals surface area contributed by atoms with E-state index in [9.17, 15) is 22.0 Å². The molecule has 0 aliphatic heterocycles. The maximum absolute atomic E-state index is 14.6. The molecule has 0 unspecified atom stereocenters. The van der Waals surface area contributed by atoms with Gasteiger partial charge in [-0.1, -0.05) is 25.5 Å². The van der Waals surface area contributed by atoms with Gasteiger partial charge in [-0.05, 0) is 67.3 Å². The fraction of sp³-hybridized carbons (Fsp3) is 0.429. The fourth-order valence-corrected chi connectivity index (χ4v) is 3.90. The molecule has 26 heavy (non-hydrogen) atoms. The normalized spacial score (nSPS) is 23.2. The lowest BCUT2D eigenvalue weighted by molar-refractivity contribution is 0.0873. The second kappa shape index (κ2) is 7.37. The molecule has 0 heterocycles. The van der Waals surface area contributed by atoms with Crippen LogP contribution in [0.25, 0.3) is 11.1 Å². The van der Waals surface area contributed by atoms with Gasteiger partial charge < -0.3 is 0 Å². The quantitative estimate of drug-likeness (QED) is 0.400. The van der Waals surface area contributed by atoms with Gasteiger partial charge >= 0.3 is 0 Å². The first-order chi connectivity index (χ1) is 12.3. The van der Waals surface area contributed by atoms with Gasteiger partial charge in [-0.2, -0.15) is 0 Å². The molecule has 0 atom stereocenters. The average molecular weight is 368 g/mol. The Morgan fingerprint density at radius 2 is 1.54 bits per heavy atom. The zero-order valence-corrected chi connectivity index (χ0v) is 14.6. The van der Waals surface area contributed by atoms with E-state index in [1.807, 2.05) is 6.92 Å². The molecule has 0 amide bonds. The summed E-state index contributed by atoms with van der Waals surface area (Å²) in [5, 5.41) is 0. The van der Waals surface area contributed by atoms with Gasteiger partial charge in [0.2, 0.25) is 0 Å². The summed E-state index contributed by atoms with van der Waals surface area (Å²) in [6.07, 6.45) is 3.57. The second-order valence-electron chi connectivity index (χ2n) is 7.17. The predicted octanol–water partition coefficient (Wildman–Crippen LogP) is 7.08. The van der Waals surface area contributed by atoms with Crippen molar-refractivity contribution in [2.24, 2.45) is 0 Å². The van der Waals surface area contributed by atoms with Crippen LogP contribution in [0.1, 0.15) is 56.9 Å². The molecule has 0 nitrogen and oxygen atoms in total. The summed E-state index contributed by atoms with van der Waals surface area (Å²) >= 11 is 0. The van der Waals surface area contributed by atoms with E-state index >= 15 is 0 Å². The lowest BCUT2D eigenvalue weighted by atomic mass is 9.75. The molecular weight excluding hydrogens is 347 g/mol. The van der Waals surface area contributed by atoms with E-state index in [4.69, 9.17) is 0 Å². The van der Waals surface area contributed by atoms with Crippen LogP contribution in [0.5, 0.6) is 0 Å². The molecule has 5 heteroatoms. The molecule has 0 radical (unpaired) electrons. The second-order valence-corrected chi connectivity index (χ2v) is 7.17. The number of hydrogen-bond donors (Lipinski definition) is 0. The van der Waals surface area contributed by atoms with Crippen molar-refractivity contribution >= 4 is 0 Å². The molecule has 0 N–H and O–H groups in total. The van der Waals surface area contributed by atoms with Crippen LogP contribution in [0.15, 0.2) is 30.3 Å². The van der Waals surface area contributed by atoms with Crippen LogP contribution in [0, 0.1) is 23.3 Å². The Kier molecular flexibility index (Phi) is 5.35. The minimum Gasteiger partial charge on any atom is -0.244 e. The summed E-state index contributed by atoms with van der Waals surface area (Å²) in [5.41, 5.74) is -0.409. The van der Waals surface area contributed by atoms with Crippen molar-refractivity contribution in [2.45, 2.75) is 57.0 Å². The van der Waals surface area contributed by atoms with Gasteiger partial charge in [-0.3, -0.25) is 0 Å². The Morgan fingerprint density at radius 1 is 0.923 bits per heavy atom. The van der Waals surface area contributed by atoms with Crippen LogP contribution >= 0.6 is 0 Å². The summed E-state index contributed by atoms with van der Waals surface area (Å²) in [7, 11) is 0. The molecular formula is C21H21F5. The van der Waals surface area contributed by atoms with Crippen molar-refractivity contribution in [1.82, 2.24) is 0 Å². The molecule has 2 aromatic carbocycles. The molecule has 0 aromatic heterocycles. The number of rotatable bonds is 4. The van der Waals surface area contributed by atoms with E-state index in [0.29, 0.717) is 32.1 Å². The number of alkyl halides is 1. The van der Waals surface area contributed by atoms with E-state index in [0.717, 1.165) is 24.1 Å². The van der Waals surface area contributed by atoms with E-state index in [-0.39, 0.29) is 17.0 Å². The maximum Gasteiger partial charge on any atom is 0.194 e. The van der Waals surface area contributed by atoms with Gasteiger partial charge in [0.05, 0.1) is 0 Å². The summed E-state index contributed by atoms with van der Waals surface area (Å²) in [5.74, 6) is -4.84. The molecule has 1 saturated carbocycles. The zero-order valence-electron chi connectivity index (χ0n) is 14.6. The highest BCUT2D eigenvalue weighted by Crippen LogP contribution is 2.43. The highest BCUT2D eigenvalue weighted by Gasteiger charge is 2.34. The highest BCUT2D eigenvalue weighted by molar-refractivity contribution is 5.65. The smallest absolute Gasteiger partial charge is 0.194 e.